The molecule has 6 nitrogen and oxygen atoms in total. The number of hydrogen-bond donors (Lipinski definition) is 2. The molecule has 4 aromatic rings. The van der Waals surface area contributed by atoms with Crippen LogP contribution in [0.5, 0.6) is 34.5 Å². The molecule has 2 N–H and O–H groups in total. The minimum atomic E-state index is -1.15. The van der Waals surface area contributed by atoms with Crippen LogP contribution in [0.15, 0.2) is 72.8 Å². The maximum Gasteiger partial charge on any atom is 0.278 e. The average Bonchev–Trinajstić information content (AvgIpc) is 2.95. The summed E-state index contributed by atoms with van der Waals surface area (Å²) in [6.07, 6.45) is 1.93. The van der Waals surface area contributed by atoms with Gasteiger partial charge in [0.15, 0.2) is 0 Å². The van der Waals surface area contributed by atoms with Gasteiger partial charge in [-0.3, -0.25) is 0 Å². The zero-order chi connectivity index (χ0) is 26.0. The summed E-state index contributed by atoms with van der Waals surface area (Å²) in [7, 11) is 1.66. The topological polar surface area (TPSA) is 77.4 Å². The number of ether oxygens (including phenoxy) is 4. The van der Waals surface area contributed by atoms with Crippen molar-refractivity contribution in [3.05, 3.63) is 106 Å². The summed E-state index contributed by atoms with van der Waals surface area (Å²) >= 11 is 0. The van der Waals surface area contributed by atoms with Crippen LogP contribution < -0.4 is 18.9 Å². The fraction of sp³-hybridized carbons (Fsp3) is 0.250. The summed E-state index contributed by atoms with van der Waals surface area (Å²) in [4.78, 5) is 0. The van der Waals surface area contributed by atoms with Gasteiger partial charge in [-0.05, 0) is 25.3 Å². The Morgan fingerprint density at radius 3 is 2.29 bits per heavy atom. The van der Waals surface area contributed by atoms with Gasteiger partial charge in [-0.15, -0.1) is 0 Å². The third-order valence-corrected chi connectivity index (χ3v) is 8.11. The highest BCUT2D eigenvalue weighted by Gasteiger charge is 2.53. The maximum atomic E-state index is 11.3. The van der Waals surface area contributed by atoms with Gasteiger partial charge in [0.2, 0.25) is 0 Å². The van der Waals surface area contributed by atoms with Crippen LogP contribution >= 0.6 is 0 Å². The van der Waals surface area contributed by atoms with Crippen molar-refractivity contribution in [1.29, 1.82) is 0 Å². The number of phenolic OH excluding ortho intramolecular Hbond substituents is 2. The van der Waals surface area contributed by atoms with Gasteiger partial charge in [-0.2, -0.15) is 0 Å². The first-order chi connectivity index (χ1) is 18.5. The van der Waals surface area contributed by atoms with E-state index >= 15 is 0 Å². The number of methoxy groups -OCH3 is 1. The summed E-state index contributed by atoms with van der Waals surface area (Å²) in [6.45, 7) is 1.70. The zero-order valence-electron chi connectivity index (χ0n) is 21.2. The molecule has 0 fully saturated rings. The Bertz CT molecular complexity index is 1550. The molecule has 3 heterocycles. The van der Waals surface area contributed by atoms with Crippen LogP contribution in [0.1, 0.15) is 58.2 Å². The molecule has 3 aliphatic heterocycles. The van der Waals surface area contributed by atoms with Gasteiger partial charge in [0.1, 0.15) is 40.6 Å². The minimum Gasteiger partial charge on any atom is -0.507 e. The third kappa shape index (κ3) is 3.26. The number of phenols is 2. The van der Waals surface area contributed by atoms with Gasteiger partial charge in [0.25, 0.3) is 5.79 Å². The average molecular weight is 509 g/mol. The van der Waals surface area contributed by atoms with Gasteiger partial charge in [0.05, 0.1) is 7.11 Å². The predicted molar refractivity (Wildman–Crippen MR) is 141 cm³/mol. The van der Waals surface area contributed by atoms with E-state index in [2.05, 4.69) is 12.1 Å². The Morgan fingerprint density at radius 1 is 0.895 bits per heavy atom. The minimum absolute atomic E-state index is 0.0261. The molecule has 192 valence electrons. The standard InChI is InChI=1S/C32H28O6/c1-18-23(33)15-26-28(30(18)34)22-17-32(37-26,20-11-7-4-8-12-20)38-27-16-25(35-2)21-13-14-24(36-31(21)29(22)27)19-9-5-3-6-10-19/h3-12,15-16,22,24,33-34H,13-14,17H2,1-2H3/t22-,24+,32+/m1/s1. The SMILES string of the molecule is COc1cc2c(c3c1CC[C@@H](c1ccccc1)O3)[C@@H]1C[C@](c3ccccc3)(Oc3cc(O)c(C)c(O)c31)O2. The molecule has 0 saturated heterocycles. The Morgan fingerprint density at radius 2 is 1.58 bits per heavy atom. The highest BCUT2D eigenvalue weighted by Crippen LogP contribution is 2.62. The smallest absolute Gasteiger partial charge is 0.278 e. The van der Waals surface area contributed by atoms with Gasteiger partial charge in [-0.1, -0.05) is 60.7 Å². The molecule has 0 aromatic heterocycles. The molecule has 38 heavy (non-hydrogen) atoms. The van der Waals surface area contributed by atoms with E-state index in [0.717, 1.165) is 40.8 Å². The van der Waals surface area contributed by atoms with Crippen molar-refractivity contribution in [1.82, 2.24) is 0 Å². The summed E-state index contributed by atoms with van der Waals surface area (Å²) in [5.41, 5.74) is 4.88. The van der Waals surface area contributed by atoms with E-state index < -0.39 is 5.79 Å². The van der Waals surface area contributed by atoms with Crippen LogP contribution in [0, 0.1) is 6.92 Å². The van der Waals surface area contributed by atoms with Crippen LogP contribution in [0.2, 0.25) is 0 Å². The molecule has 3 aliphatic rings. The second-order valence-corrected chi connectivity index (χ2v) is 10.2. The van der Waals surface area contributed by atoms with Gasteiger partial charge in [0, 0.05) is 52.3 Å². The van der Waals surface area contributed by atoms with Crippen LogP contribution in [0.3, 0.4) is 0 Å². The molecule has 0 spiro atoms. The summed E-state index contributed by atoms with van der Waals surface area (Å²) in [5.74, 6) is 1.01. The van der Waals surface area contributed by atoms with E-state index in [-0.39, 0.29) is 23.5 Å². The van der Waals surface area contributed by atoms with Crippen molar-refractivity contribution in [3.63, 3.8) is 0 Å². The highest BCUT2D eigenvalue weighted by atomic mass is 16.7. The van der Waals surface area contributed by atoms with Crippen LogP contribution in [0.25, 0.3) is 0 Å². The largest absolute Gasteiger partial charge is 0.507 e. The van der Waals surface area contributed by atoms with Gasteiger partial charge >= 0.3 is 0 Å². The predicted octanol–water partition coefficient (Wildman–Crippen LogP) is 6.64. The number of rotatable bonds is 3. The Hall–Kier alpha value is -4.32. The quantitative estimate of drug-likeness (QED) is 0.323. The first-order valence-electron chi connectivity index (χ1n) is 12.9. The lowest BCUT2D eigenvalue weighted by Crippen LogP contribution is -2.47. The molecule has 7 rings (SSSR count). The molecule has 4 aromatic carbocycles. The van der Waals surface area contributed by atoms with E-state index in [1.165, 1.54) is 0 Å². The molecule has 3 atom stereocenters. The van der Waals surface area contributed by atoms with Gasteiger partial charge < -0.3 is 29.2 Å². The van der Waals surface area contributed by atoms with Crippen LogP contribution in [-0.4, -0.2) is 17.3 Å². The Kier molecular flexibility index (Phi) is 5.02. The number of aromatic hydroxyl groups is 2. The Balaban J connectivity index is 1.48. The monoisotopic (exact) mass is 508 g/mol. The first-order valence-corrected chi connectivity index (χ1v) is 12.9. The number of fused-ring (bicyclic) bond motifs is 8. The van der Waals surface area contributed by atoms with E-state index in [9.17, 15) is 10.2 Å². The van der Waals surface area contributed by atoms with Crippen LogP contribution in [-0.2, 0) is 12.2 Å². The summed E-state index contributed by atoms with van der Waals surface area (Å²) in [6, 6.07) is 23.5. The first kappa shape index (κ1) is 22.8. The van der Waals surface area contributed by atoms with Crippen molar-refractivity contribution in [2.24, 2.45) is 0 Å². The molecule has 0 amide bonds. The molecule has 0 saturated carbocycles. The van der Waals surface area contributed by atoms with E-state index in [1.54, 1.807) is 20.1 Å². The van der Waals surface area contributed by atoms with E-state index in [4.69, 9.17) is 18.9 Å². The molecule has 0 unspecified atom stereocenters. The maximum absolute atomic E-state index is 11.3. The van der Waals surface area contributed by atoms with Crippen molar-refractivity contribution in [2.75, 3.05) is 7.11 Å². The molecular formula is C32H28O6. The third-order valence-electron chi connectivity index (χ3n) is 8.11. The lowest BCUT2D eigenvalue weighted by Gasteiger charge is -2.47. The molecular weight excluding hydrogens is 480 g/mol. The second-order valence-electron chi connectivity index (χ2n) is 10.2. The van der Waals surface area contributed by atoms with Crippen molar-refractivity contribution < 1.29 is 29.2 Å². The van der Waals surface area contributed by atoms with Crippen LogP contribution in [0.4, 0.5) is 0 Å². The highest BCUT2D eigenvalue weighted by molar-refractivity contribution is 5.68. The fourth-order valence-corrected chi connectivity index (χ4v) is 6.19. The second kappa shape index (κ2) is 8.35. The molecule has 0 aliphatic carbocycles. The van der Waals surface area contributed by atoms with Crippen molar-refractivity contribution >= 4 is 0 Å². The lowest BCUT2D eigenvalue weighted by atomic mass is 9.76. The van der Waals surface area contributed by atoms with Crippen molar-refractivity contribution in [2.45, 2.75) is 44.0 Å². The normalized spacial score (nSPS) is 22.6. The fourth-order valence-electron chi connectivity index (χ4n) is 6.19. The molecule has 2 bridgehead atoms. The van der Waals surface area contributed by atoms with Crippen molar-refractivity contribution in [3.8, 4) is 34.5 Å². The zero-order valence-corrected chi connectivity index (χ0v) is 21.2. The van der Waals surface area contributed by atoms with E-state index in [1.807, 2.05) is 54.6 Å². The molecule has 0 radical (unpaired) electrons. The van der Waals surface area contributed by atoms with Gasteiger partial charge in [-0.25, -0.2) is 0 Å². The summed E-state index contributed by atoms with van der Waals surface area (Å²) < 4.78 is 25.9. The van der Waals surface area contributed by atoms with E-state index in [0.29, 0.717) is 34.8 Å². The summed E-state index contributed by atoms with van der Waals surface area (Å²) in [5, 5.41) is 21.9. The number of hydrogen-bond acceptors (Lipinski definition) is 6. The molecule has 6 heteroatoms. The lowest BCUT2D eigenvalue weighted by molar-refractivity contribution is -0.149. The number of benzene rings is 4. The Labute approximate surface area is 221 Å².